The van der Waals surface area contributed by atoms with Gasteiger partial charge in [-0.2, -0.15) is 0 Å². The molecule has 0 spiro atoms. The maximum atomic E-state index is 13.4. The van der Waals surface area contributed by atoms with E-state index in [9.17, 15) is 9.18 Å². The van der Waals surface area contributed by atoms with Gasteiger partial charge in [0.2, 0.25) is 0 Å². The third-order valence-corrected chi connectivity index (χ3v) is 2.24. The van der Waals surface area contributed by atoms with Crippen LogP contribution >= 0.6 is 0 Å². The van der Waals surface area contributed by atoms with Gasteiger partial charge < -0.3 is 5.11 Å². The molecule has 1 aromatic rings. The van der Waals surface area contributed by atoms with Gasteiger partial charge in [-0.3, -0.25) is 0 Å². The first-order valence-corrected chi connectivity index (χ1v) is 4.41. The molecule has 1 heterocycles. The number of rotatable bonds is 3. The van der Waals surface area contributed by atoms with Gasteiger partial charge in [-0.15, -0.1) is 0 Å². The highest BCUT2D eigenvalue weighted by Crippen LogP contribution is 2.32. The molecule has 0 saturated heterocycles. The number of carboxylic acids is 1. The summed E-state index contributed by atoms with van der Waals surface area (Å²) in [4.78, 5) is 17.7. The second-order valence-electron chi connectivity index (χ2n) is 3.44. The number of nitrogens with zero attached hydrogens (tertiary/aromatic N) is 2. The zero-order valence-electron chi connectivity index (χ0n) is 7.40. The predicted octanol–water partition coefficient (Wildman–Crippen LogP) is 1.27. The summed E-state index contributed by atoms with van der Waals surface area (Å²) < 4.78 is 13.4. The molecule has 1 aliphatic rings. The molecular weight excluding hydrogens is 187 g/mol. The van der Waals surface area contributed by atoms with Gasteiger partial charge in [-0.05, 0) is 25.2 Å². The lowest BCUT2D eigenvalue weighted by atomic mass is 10.2. The van der Waals surface area contributed by atoms with Crippen LogP contribution in [0.4, 0.5) is 4.39 Å². The van der Waals surface area contributed by atoms with Gasteiger partial charge in [0.25, 0.3) is 0 Å². The number of halogens is 1. The molecule has 1 saturated carbocycles. The normalized spacial score (nSPS) is 15.5. The largest absolute Gasteiger partial charge is 0.476 e. The second kappa shape index (κ2) is 3.32. The lowest BCUT2D eigenvalue weighted by Gasteiger charge is -2.01. The molecule has 74 valence electrons. The van der Waals surface area contributed by atoms with Crippen LogP contribution in [0.25, 0.3) is 0 Å². The Morgan fingerprint density at radius 3 is 2.86 bits per heavy atom. The van der Waals surface area contributed by atoms with Crippen molar-refractivity contribution in [3.63, 3.8) is 0 Å². The van der Waals surface area contributed by atoms with Crippen molar-refractivity contribution in [1.82, 2.24) is 9.97 Å². The Bertz CT molecular complexity index is 377. The van der Waals surface area contributed by atoms with Gasteiger partial charge >= 0.3 is 5.97 Å². The number of hydrogen-bond donors (Lipinski definition) is 1. The van der Waals surface area contributed by atoms with Crippen molar-refractivity contribution >= 4 is 5.97 Å². The van der Waals surface area contributed by atoms with Crippen molar-refractivity contribution in [3.05, 3.63) is 23.5 Å². The van der Waals surface area contributed by atoms with Crippen LogP contribution in [-0.4, -0.2) is 21.0 Å². The molecule has 1 N–H and O–H groups in total. The smallest absolute Gasteiger partial charge is 0.357 e. The zero-order chi connectivity index (χ0) is 10.1. The lowest BCUT2D eigenvalue weighted by molar-refractivity contribution is 0.0684. The van der Waals surface area contributed by atoms with E-state index in [4.69, 9.17) is 5.11 Å². The van der Waals surface area contributed by atoms with E-state index in [2.05, 4.69) is 9.97 Å². The van der Waals surface area contributed by atoms with Gasteiger partial charge in [0, 0.05) is 0 Å². The molecule has 1 aliphatic carbocycles. The molecule has 2 rings (SSSR count). The molecule has 14 heavy (non-hydrogen) atoms. The van der Waals surface area contributed by atoms with Crippen molar-refractivity contribution in [3.8, 4) is 0 Å². The SMILES string of the molecule is O=C(O)c1ncnc(CC2CC2)c1F. The van der Waals surface area contributed by atoms with E-state index in [0.717, 1.165) is 19.2 Å². The van der Waals surface area contributed by atoms with Crippen molar-refractivity contribution in [1.29, 1.82) is 0 Å². The van der Waals surface area contributed by atoms with Crippen LogP contribution in [-0.2, 0) is 6.42 Å². The average Bonchev–Trinajstić information content (AvgIpc) is 2.92. The molecule has 0 atom stereocenters. The summed E-state index contributed by atoms with van der Waals surface area (Å²) in [6.45, 7) is 0. The van der Waals surface area contributed by atoms with E-state index in [1.54, 1.807) is 0 Å². The molecule has 1 aromatic heterocycles. The maximum Gasteiger partial charge on any atom is 0.357 e. The van der Waals surface area contributed by atoms with Gasteiger partial charge in [-0.1, -0.05) is 0 Å². The predicted molar refractivity (Wildman–Crippen MR) is 45.4 cm³/mol. The number of hydrogen-bond acceptors (Lipinski definition) is 3. The van der Waals surface area contributed by atoms with Crippen molar-refractivity contribution in [2.75, 3.05) is 0 Å². The van der Waals surface area contributed by atoms with Crippen molar-refractivity contribution in [2.24, 2.45) is 5.92 Å². The molecule has 1 fully saturated rings. The summed E-state index contributed by atoms with van der Waals surface area (Å²) in [7, 11) is 0. The maximum absolute atomic E-state index is 13.4. The molecule has 0 unspecified atom stereocenters. The Labute approximate surface area is 79.8 Å². The van der Waals surface area contributed by atoms with Gasteiger partial charge in [-0.25, -0.2) is 19.2 Å². The molecular formula is C9H9FN2O2. The highest BCUT2D eigenvalue weighted by molar-refractivity contribution is 5.85. The molecule has 0 aromatic carbocycles. The first kappa shape index (κ1) is 9.05. The second-order valence-corrected chi connectivity index (χ2v) is 3.44. The average molecular weight is 196 g/mol. The van der Waals surface area contributed by atoms with E-state index in [-0.39, 0.29) is 5.69 Å². The van der Waals surface area contributed by atoms with Gasteiger partial charge in [0.1, 0.15) is 6.33 Å². The summed E-state index contributed by atoms with van der Waals surface area (Å²) in [6.07, 6.45) is 3.77. The lowest BCUT2D eigenvalue weighted by Crippen LogP contribution is -2.09. The van der Waals surface area contributed by atoms with Crippen LogP contribution in [0.5, 0.6) is 0 Å². The van der Waals surface area contributed by atoms with E-state index in [1.807, 2.05) is 0 Å². The van der Waals surface area contributed by atoms with Gasteiger partial charge in [0.15, 0.2) is 11.5 Å². The monoisotopic (exact) mass is 196 g/mol. The van der Waals surface area contributed by atoms with Crippen molar-refractivity contribution in [2.45, 2.75) is 19.3 Å². The summed E-state index contributed by atoms with van der Waals surface area (Å²) in [5, 5.41) is 8.61. The van der Waals surface area contributed by atoms with Crippen LogP contribution < -0.4 is 0 Å². The van der Waals surface area contributed by atoms with E-state index in [1.165, 1.54) is 0 Å². The Balaban J connectivity index is 2.30. The molecule has 5 heteroatoms. The van der Waals surface area contributed by atoms with Crippen LogP contribution in [0.1, 0.15) is 29.0 Å². The minimum atomic E-state index is -1.35. The molecule has 0 amide bonds. The third kappa shape index (κ3) is 1.71. The Morgan fingerprint density at radius 2 is 2.29 bits per heavy atom. The summed E-state index contributed by atoms with van der Waals surface area (Å²) in [5.74, 6) is -1.66. The van der Waals surface area contributed by atoms with E-state index >= 15 is 0 Å². The van der Waals surface area contributed by atoms with Crippen LogP contribution in [0.15, 0.2) is 6.33 Å². The Hall–Kier alpha value is -1.52. The van der Waals surface area contributed by atoms with Crippen LogP contribution in [0.3, 0.4) is 0 Å². The van der Waals surface area contributed by atoms with E-state index in [0.29, 0.717) is 12.3 Å². The first-order valence-electron chi connectivity index (χ1n) is 4.41. The van der Waals surface area contributed by atoms with Crippen LogP contribution in [0, 0.1) is 11.7 Å². The minimum absolute atomic E-state index is 0.222. The number of carboxylic acid groups (broad SMARTS) is 1. The number of carbonyl (C=O) groups is 1. The minimum Gasteiger partial charge on any atom is -0.476 e. The summed E-state index contributed by atoms with van der Waals surface area (Å²) >= 11 is 0. The first-order chi connectivity index (χ1) is 6.68. The highest BCUT2D eigenvalue weighted by atomic mass is 19.1. The molecule has 4 nitrogen and oxygen atoms in total. The number of aromatic nitrogens is 2. The van der Waals surface area contributed by atoms with E-state index < -0.39 is 17.5 Å². The topological polar surface area (TPSA) is 63.1 Å². The number of aromatic carboxylic acids is 1. The third-order valence-electron chi connectivity index (χ3n) is 2.24. The fourth-order valence-corrected chi connectivity index (χ4v) is 1.29. The molecule has 0 radical (unpaired) electrons. The van der Waals surface area contributed by atoms with Gasteiger partial charge in [0.05, 0.1) is 5.69 Å². The van der Waals surface area contributed by atoms with Crippen LogP contribution in [0.2, 0.25) is 0 Å². The molecule has 0 aliphatic heterocycles. The zero-order valence-corrected chi connectivity index (χ0v) is 7.40. The summed E-state index contributed by atoms with van der Waals surface area (Å²) in [6, 6.07) is 0. The Kier molecular flexibility index (Phi) is 2.15. The standard InChI is InChI=1S/C9H9FN2O2/c10-7-6(3-5-1-2-5)11-4-12-8(7)9(13)14/h4-5H,1-3H2,(H,13,14). The summed E-state index contributed by atoms with van der Waals surface area (Å²) in [5.41, 5.74) is -0.310. The Morgan fingerprint density at radius 1 is 1.57 bits per heavy atom. The molecule has 0 bridgehead atoms. The fourth-order valence-electron chi connectivity index (χ4n) is 1.29. The fraction of sp³-hybridized carbons (Fsp3) is 0.444. The quantitative estimate of drug-likeness (QED) is 0.790. The van der Waals surface area contributed by atoms with Crippen molar-refractivity contribution < 1.29 is 14.3 Å². The highest BCUT2D eigenvalue weighted by Gasteiger charge is 2.25.